The number of sulfonamides is 1. The first-order valence-electron chi connectivity index (χ1n) is 22.1. The Kier molecular flexibility index (Phi) is 12.7. The zero-order chi connectivity index (χ0) is 47.3. The number of rotatable bonds is 12. The highest BCUT2D eigenvalue weighted by molar-refractivity contribution is 7.92. The number of fused-ring (bicyclic) bond motifs is 2. The summed E-state index contributed by atoms with van der Waals surface area (Å²) in [5.74, 6) is -1.13. The first-order chi connectivity index (χ1) is 31.8. The first-order valence-corrected chi connectivity index (χ1v) is 25.4. The molecule has 0 radical (unpaired) electrons. The molecule has 2 aliphatic heterocycles. The number of aromatic amines is 1. The highest BCUT2D eigenvalue weighted by Gasteiger charge is 2.48. The normalized spacial score (nSPS) is 17.9. The molecule has 6 aromatic rings. The maximum Gasteiger partial charge on any atom is 0.501 e. The lowest BCUT2D eigenvalue weighted by molar-refractivity contribution is -0.0435. The fourth-order valence-electron chi connectivity index (χ4n) is 9.20. The first kappa shape index (κ1) is 46.6. The van der Waals surface area contributed by atoms with Gasteiger partial charge in [0.15, 0.2) is 0 Å². The highest BCUT2D eigenvalue weighted by atomic mass is 35.5. The van der Waals surface area contributed by atoms with E-state index < -0.39 is 46.8 Å². The highest BCUT2D eigenvalue weighted by Crippen LogP contribution is 2.44. The maximum absolute atomic E-state index is 14.2. The fraction of sp³-hybridized carbons (Fsp3) is 0.383. The summed E-state index contributed by atoms with van der Waals surface area (Å²) >= 11 is 6.24. The molecule has 3 aliphatic rings. The summed E-state index contributed by atoms with van der Waals surface area (Å²) in [7, 11) is -11.0. The second-order valence-corrected chi connectivity index (χ2v) is 22.3. The SMILES string of the molecule is CC1(C)CCC(CN2CCN(c3ccc(C(=O)NS(=O)(=O)c4ccc(NCC5CCOCC5)c(S(=O)(=O)C(F)(F)F)c4)c(-n4ncc5nc6[nH]ccc6cc54)c3)CC2)=C(c2ccc(Cl)cc2)C1. The summed E-state index contributed by atoms with van der Waals surface area (Å²) in [5, 5.41) is 8.82. The van der Waals surface area contributed by atoms with Crippen LogP contribution in [0.15, 0.2) is 101 Å². The number of piperazine rings is 1. The van der Waals surface area contributed by atoms with Crippen molar-refractivity contribution in [1.29, 1.82) is 0 Å². The summed E-state index contributed by atoms with van der Waals surface area (Å²) in [5.41, 5.74) is 0.505. The molecular weight excluding hydrogens is 929 g/mol. The van der Waals surface area contributed by atoms with Crippen molar-refractivity contribution in [3.63, 3.8) is 0 Å². The number of allylic oxidation sites excluding steroid dienone is 1. The molecule has 9 rings (SSSR count). The van der Waals surface area contributed by atoms with Crippen molar-refractivity contribution in [3.05, 3.63) is 107 Å². The molecule has 67 heavy (non-hydrogen) atoms. The predicted molar refractivity (Wildman–Crippen MR) is 252 cm³/mol. The zero-order valence-electron chi connectivity index (χ0n) is 36.9. The van der Waals surface area contributed by atoms with Gasteiger partial charge in [0.25, 0.3) is 25.8 Å². The number of carbonyl (C=O) groups is 1. The summed E-state index contributed by atoms with van der Waals surface area (Å²) in [4.78, 5) is 24.5. The molecule has 3 N–H and O–H groups in total. The Morgan fingerprint density at radius 1 is 0.955 bits per heavy atom. The van der Waals surface area contributed by atoms with E-state index in [9.17, 15) is 34.8 Å². The molecule has 2 saturated heterocycles. The third kappa shape index (κ3) is 9.79. The van der Waals surface area contributed by atoms with Gasteiger partial charge in [-0.05, 0) is 115 Å². The van der Waals surface area contributed by atoms with Crippen molar-refractivity contribution in [2.75, 3.05) is 62.7 Å². The Labute approximate surface area is 391 Å². The second-order valence-electron chi connectivity index (χ2n) is 18.2. The number of H-pyrrole nitrogens is 1. The van der Waals surface area contributed by atoms with E-state index in [0.717, 1.165) is 62.1 Å². The van der Waals surface area contributed by atoms with Gasteiger partial charge in [0.05, 0.1) is 33.5 Å². The van der Waals surface area contributed by atoms with Gasteiger partial charge in [-0.25, -0.2) is 31.2 Å². The molecule has 3 aromatic carbocycles. The van der Waals surface area contributed by atoms with Crippen molar-refractivity contribution >= 4 is 76.4 Å². The van der Waals surface area contributed by atoms with Crippen LogP contribution in [-0.4, -0.2) is 105 Å². The third-order valence-electron chi connectivity index (χ3n) is 13.1. The van der Waals surface area contributed by atoms with Crippen LogP contribution < -0.4 is 14.9 Å². The smallest absolute Gasteiger partial charge is 0.384 e. The number of hydrogen-bond acceptors (Lipinski definition) is 11. The Bertz CT molecular complexity index is 3100. The molecule has 0 saturated carbocycles. The molecule has 3 aromatic heterocycles. The Balaban J connectivity index is 1.00. The lowest BCUT2D eigenvalue weighted by Crippen LogP contribution is -2.47. The Morgan fingerprint density at radius 3 is 2.43 bits per heavy atom. The number of anilines is 2. The number of carbonyl (C=O) groups excluding carboxylic acids is 1. The number of pyridine rings is 1. The topological polar surface area (TPSA) is 172 Å². The van der Waals surface area contributed by atoms with E-state index in [2.05, 4.69) is 56.2 Å². The van der Waals surface area contributed by atoms with E-state index in [0.29, 0.717) is 66.9 Å². The minimum atomic E-state index is -6.04. The lowest BCUT2D eigenvalue weighted by atomic mass is 9.72. The van der Waals surface area contributed by atoms with Crippen LogP contribution in [0.1, 0.15) is 61.9 Å². The monoisotopic (exact) mass is 978 g/mol. The lowest BCUT2D eigenvalue weighted by Gasteiger charge is -2.39. The van der Waals surface area contributed by atoms with Gasteiger partial charge < -0.3 is 19.9 Å². The molecule has 14 nitrogen and oxygen atoms in total. The zero-order valence-corrected chi connectivity index (χ0v) is 39.3. The van der Waals surface area contributed by atoms with Gasteiger partial charge in [-0.15, -0.1) is 0 Å². The van der Waals surface area contributed by atoms with E-state index in [1.54, 1.807) is 18.3 Å². The quantitative estimate of drug-likeness (QED) is 0.107. The number of nitrogens with zero attached hydrogens (tertiary/aromatic N) is 5. The van der Waals surface area contributed by atoms with Gasteiger partial charge >= 0.3 is 5.51 Å². The maximum atomic E-state index is 14.2. The Hall–Kier alpha value is -5.47. The molecule has 1 amide bonds. The molecule has 0 bridgehead atoms. The number of hydrogen-bond donors (Lipinski definition) is 3. The van der Waals surface area contributed by atoms with Crippen LogP contribution in [0.5, 0.6) is 0 Å². The van der Waals surface area contributed by atoms with Crippen LogP contribution in [0.4, 0.5) is 24.5 Å². The minimum Gasteiger partial charge on any atom is -0.384 e. The molecule has 0 atom stereocenters. The van der Waals surface area contributed by atoms with E-state index in [-0.39, 0.29) is 29.1 Å². The number of aromatic nitrogens is 4. The van der Waals surface area contributed by atoms with Crippen molar-refractivity contribution < 1.29 is 39.5 Å². The van der Waals surface area contributed by atoms with Crippen molar-refractivity contribution in [1.82, 2.24) is 29.4 Å². The standard InChI is InChI=1S/C47H50ClF3N8O6S2/c1-46(2)15-11-33(38(26-46)31-3-5-34(48)6-4-31)29-57-17-19-58(20-18-57)35-7-9-37(41(24-35)59-42-23-32-12-16-52-44(32)55-40(42)28-54-59)45(60)56-67(63,64)36-8-10-39(53-27-30-13-21-65-22-14-30)43(25-36)66(61,62)47(49,50)51/h3-10,12,16,23-25,28,30,53H,11,13-15,17-22,26-27,29H2,1-2H3,(H,52,55)(H,56,60). The number of alkyl halides is 3. The summed E-state index contributed by atoms with van der Waals surface area (Å²) in [6, 6.07) is 19.0. The number of amides is 1. The number of halogens is 4. The van der Waals surface area contributed by atoms with Gasteiger partial charge in [0, 0.05) is 74.8 Å². The van der Waals surface area contributed by atoms with Crippen molar-refractivity contribution in [2.24, 2.45) is 11.3 Å². The molecule has 0 spiro atoms. The summed E-state index contributed by atoms with van der Waals surface area (Å²) in [6.07, 6.45) is 7.56. The van der Waals surface area contributed by atoms with Crippen LogP contribution in [0.25, 0.3) is 33.3 Å². The van der Waals surface area contributed by atoms with E-state index in [1.807, 2.05) is 29.0 Å². The van der Waals surface area contributed by atoms with E-state index in [4.69, 9.17) is 16.3 Å². The largest absolute Gasteiger partial charge is 0.501 e. The number of nitrogens with one attached hydrogen (secondary N) is 3. The van der Waals surface area contributed by atoms with Crippen LogP contribution >= 0.6 is 11.6 Å². The molecule has 5 heterocycles. The molecular formula is C47H50ClF3N8O6S2. The van der Waals surface area contributed by atoms with Crippen molar-refractivity contribution in [3.8, 4) is 5.69 Å². The van der Waals surface area contributed by atoms with E-state index >= 15 is 0 Å². The Morgan fingerprint density at radius 2 is 1.70 bits per heavy atom. The van der Waals surface area contributed by atoms with Crippen LogP contribution in [0.2, 0.25) is 5.02 Å². The minimum absolute atomic E-state index is 0.00761. The second kappa shape index (κ2) is 18.2. The third-order valence-corrected chi connectivity index (χ3v) is 16.2. The fourth-order valence-corrected chi connectivity index (χ4v) is 11.4. The van der Waals surface area contributed by atoms with Gasteiger partial charge in [-0.1, -0.05) is 43.2 Å². The van der Waals surface area contributed by atoms with Crippen LogP contribution in [0.3, 0.4) is 0 Å². The number of ether oxygens (including phenoxy) is 1. The molecule has 20 heteroatoms. The van der Waals surface area contributed by atoms with E-state index in [1.165, 1.54) is 33.7 Å². The van der Waals surface area contributed by atoms with Gasteiger partial charge in [-0.2, -0.15) is 18.3 Å². The van der Waals surface area contributed by atoms with Gasteiger partial charge in [-0.3, -0.25) is 9.69 Å². The van der Waals surface area contributed by atoms with Crippen LogP contribution in [-0.2, 0) is 24.6 Å². The molecule has 1 aliphatic carbocycles. The average Bonchev–Trinajstić information content (AvgIpc) is 3.94. The number of benzene rings is 3. The molecule has 0 unspecified atom stereocenters. The van der Waals surface area contributed by atoms with Gasteiger partial charge in [0.1, 0.15) is 16.1 Å². The van der Waals surface area contributed by atoms with Gasteiger partial charge in [0.2, 0.25) is 0 Å². The molecule has 354 valence electrons. The predicted octanol–water partition coefficient (Wildman–Crippen LogP) is 8.59. The number of sulfone groups is 1. The van der Waals surface area contributed by atoms with Crippen LogP contribution in [0, 0.1) is 11.3 Å². The summed E-state index contributed by atoms with van der Waals surface area (Å²) < 4.78 is 104. The summed E-state index contributed by atoms with van der Waals surface area (Å²) in [6.45, 7) is 9.31. The average molecular weight is 980 g/mol. The van der Waals surface area contributed by atoms with Crippen molar-refractivity contribution in [2.45, 2.75) is 61.3 Å². The molecule has 2 fully saturated rings.